The number of benzene rings is 3. The van der Waals surface area contributed by atoms with E-state index in [-0.39, 0.29) is 5.69 Å². The van der Waals surface area contributed by atoms with Crippen molar-refractivity contribution in [1.82, 2.24) is 14.5 Å². The molecule has 0 saturated carbocycles. The number of amides is 3. The maximum atomic E-state index is 14.0. The lowest BCUT2D eigenvalue weighted by atomic mass is 10.2. The number of morpholine rings is 1. The molecule has 1 aliphatic heterocycles. The Balaban J connectivity index is 1.27. The van der Waals surface area contributed by atoms with Gasteiger partial charge in [-0.3, -0.25) is 10.2 Å². The number of rotatable bonds is 8. The van der Waals surface area contributed by atoms with Gasteiger partial charge < -0.3 is 29.4 Å². The average Bonchev–Trinajstić information content (AvgIpc) is 3.33. The molecule has 1 fully saturated rings. The molecule has 232 valence electrons. The number of nitrogens with zero attached hydrogens (tertiary/aromatic N) is 3. The average molecular weight is 617 g/mol. The number of ether oxygens (including phenoxy) is 3. The van der Waals surface area contributed by atoms with E-state index < -0.39 is 35.4 Å². The molecule has 3 amide bonds. The summed E-state index contributed by atoms with van der Waals surface area (Å²) in [5, 5.41) is 7.18. The molecule has 4 aromatic rings. The third kappa shape index (κ3) is 7.54. The van der Waals surface area contributed by atoms with E-state index in [4.69, 9.17) is 14.2 Å². The predicted octanol–water partition coefficient (Wildman–Crippen LogP) is 6.14. The lowest BCUT2D eigenvalue weighted by Crippen LogP contribution is -2.38. The van der Waals surface area contributed by atoms with Gasteiger partial charge in [-0.2, -0.15) is 13.2 Å². The summed E-state index contributed by atoms with van der Waals surface area (Å²) in [7, 11) is 1.27. The molecule has 0 atom stereocenters. The van der Waals surface area contributed by atoms with Crippen molar-refractivity contribution < 1.29 is 41.4 Å². The highest BCUT2D eigenvalue weighted by atomic mass is 19.4. The summed E-state index contributed by atoms with van der Waals surface area (Å²) in [6, 6.07) is 12.3. The van der Waals surface area contributed by atoms with Crippen molar-refractivity contribution in [1.29, 1.82) is 0 Å². The third-order valence-electron chi connectivity index (χ3n) is 6.75. The largest absolute Gasteiger partial charge is 0.457 e. The van der Waals surface area contributed by atoms with Gasteiger partial charge in [0, 0.05) is 37.9 Å². The second-order valence-electron chi connectivity index (χ2n) is 9.71. The summed E-state index contributed by atoms with van der Waals surface area (Å²) >= 11 is 0. The Hall–Kier alpha value is -4.89. The maximum absolute atomic E-state index is 14.0. The topological polar surface area (TPSA) is 119 Å². The molecule has 0 aliphatic carbocycles. The highest BCUT2D eigenvalue weighted by molar-refractivity contribution is 6.00. The minimum absolute atomic E-state index is 0.289. The zero-order chi connectivity index (χ0) is 31.3. The van der Waals surface area contributed by atoms with Crippen molar-refractivity contribution in [2.75, 3.05) is 55.9 Å². The number of carbonyl (C=O) groups is 2. The van der Waals surface area contributed by atoms with E-state index in [1.807, 2.05) is 4.57 Å². The minimum Gasteiger partial charge on any atom is -0.457 e. The number of nitrogens with one attached hydrogen (secondary N) is 3. The molecule has 0 spiro atoms. The smallest absolute Gasteiger partial charge is 0.416 e. The van der Waals surface area contributed by atoms with Gasteiger partial charge in [0.05, 0.1) is 42.6 Å². The molecule has 0 bridgehead atoms. The van der Waals surface area contributed by atoms with E-state index in [1.165, 1.54) is 19.2 Å². The number of methoxy groups -OCH3 is 1. The monoisotopic (exact) mass is 616 g/mol. The Labute approximate surface area is 248 Å². The molecule has 11 nitrogen and oxygen atoms in total. The Morgan fingerprint density at radius 3 is 2.36 bits per heavy atom. The fourth-order valence-corrected chi connectivity index (χ4v) is 4.52. The van der Waals surface area contributed by atoms with Crippen molar-refractivity contribution in [2.45, 2.75) is 12.7 Å². The summed E-state index contributed by atoms with van der Waals surface area (Å²) in [6.45, 7) is 4.15. The number of fused-ring (bicyclic) bond motifs is 1. The van der Waals surface area contributed by atoms with Crippen LogP contribution in [0.1, 0.15) is 5.56 Å². The Kier molecular flexibility index (Phi) is 9.15. The predicted molar refractivity (Wildman–Crippen MR) is 154 cm³/mol. The number of hydrogen-bond donors (Lipinski definition) is 3. The number of halogens is 4. The molecule has 1 aliphatic rings. The molecule has 1 aromatic heterocycles. The first-order chi connectivity index (χ1) is 21.1. The summed E-state index contributed by atoms with van der Waals surface area (Å²) in [4.78, 5) is 31.0. The van der Waals surface area contributed by atoms with Crippen molar-refractivity contribution in [2.24, 2.45) is 0 Å². The van der Waals surface area contributed by atoms with Crippen molar-refractivity contribution in [3.8, 4) is 11.5 Å². The molecule has 44 heavy (non-hydrogen) atoms. The normalized spacial score (nSPS) is 13.8. The van der Waals surface area contributed by atoms with Gasteiger partial charge >= 0.3 is 18.3 Å². The summed E-state index contributed by atoms with van der Waals surface area (Å²) < 4.78 is 70.8. The van der Waals surface area contributed by atoms with Gasteiger partial charge in [-0.15, -0.1) is 0 Å². The fraction of sp³-hybridized carbons (Fsp3) is 0.276. The lowest BCUT2D eigenvalue weighted by Gasteiger charge is -2.26. The van der Waals surface area contributed by atoms with Crippen LogP contribution >= 0.6 is 0 Å². The van der Waals surface area contributed by atoms with Gasteiger partial charge in [0.2, 0.25) is 5.95 Å². The van der Waals surface area contributed by atoms with Crippen LogP contribution in [0.2, 0.25) is 0 Å². The van der Waals surface area contributed by atoms with Crippen molar-refractivity contribution in [3.05, 3.63) is 72.0 Å². The first kappa shape index (κ1) is 30.6. The van der Waals surface area contributed by atoms with Crippen LogP contribution in [-0.4, -0.2) is 66.5 Å². The number of hydrogen-bond acceptors (Lipinski definition) is 7. The molecular formula is C29H28F4N6O5. The first-order valence-electron chi connectivity index (χ1n) is 13.5. The van der Waals surface area contributed by atoms with Crippen LogP contribution < -0.4 is 20.7 Å². The number of imidazole rings is 1. The molecule has 0 radical (unpaired) electrons. The SMILES string of the molecule is COC(=O)Nc1nc2ccc(Oc3ccc(NC(=O)Nc4cc(C(F)(F)F)ccc4F)cc3)cc2n1CCN1CCOCC1. The molecule has 5 rings (SSSR count). The lowest BCUT2D eigenvalue weighted by molar-refractivity contribution is -0.137. The molecule has 3 aromatic carbocycles. The van der Waals surface area contributed by atoms with E-state index in [0.29, 0.717) is 67.5 Å². The van der Waals surface area contributed by atoms with E-state index in [9.17, 15) is 27.2 Å². The first-order valence-corrected chi connectivity index (χ1v) is 13.5. The van der Waals surface area contributed by atoms with Crippen LogP contribution in [0.5, 0.6) is 11.5 Å². The van der Waals surface area contributed by atoms with Crippen LogP contribution in [0.15, 0.2) is 60.7 Å². The molecular weight excluding hydrogens is 588 g/mol. The fourth-order valence-electron chi connectivity index (χ4n) is 4.52. The highest BCUT2D eigenvalue weighted by Gasteiger charge is 2.31. The molecule has 15 heteroatoms. The quantitative estimate of drug-likeness (QED) is 0.204. The second-order valence-corrected chi connectivity index (χ2v) is 9.71. The van der Waals surface area contributed by atoms with Gasteiger partial charge in [0.25, 0.3) is 0 Å². The number of anilines is 3. The highest BCUT2D eigenvalue weighted by Crippen LogP contribution is 2.32. The van der Waals surface area contributed by atoms with Gasteiger partial charge in [-0.05, 0) is 54.6 Å². The summed E-state index contributed by atoms with van der Waals surface area (Å²) in [5.74, 6) is 0.222. The van der Waals surface area contributed by atoms with E-state index in [0.717, 1.165) is 18.6 Å². The van der Waals surface area contributed by atoms with Gasteiger partial charge in [-0.25, -0.2) is 19.0 Å². The summed E-state index contributed by atoms with van der Waals surface area (Å²) in [5.41, 5.74) is -0.0587. The molecule has 2 heterocycles. The van der Waals surface area contributed by atoms with Crippen LogP contribution in [0.4, 0.5) is 44.5 Å². The maximum Gasteiger partial charge on any atom is 0.416 e. The molecule has 1 saturated heterocycles. The minimum atomic E-state index is -4.69. The second kappa shape index (κ2) is 13.2. The Morgan fingerprint density at radius 2 is 1.66 bits per heavy atom. The molecule has 0 unspecified atom stereocenters. The van der Waals surface area contributed by atoms with Gasteiger partial charge in [0.1, 0.15) is 17.3 Å². The van der Waals surface area contributed by atoms with Crippen LogP contribution in [0.3, 0.4) is 0 Å². The van der Waals surface area contributed by atoms with Crippen LogP contribution in [0, 0.1) is 5.82 Å². The number of carbonyl (C=O) groups excluding carboxylic acids is 2. The van der Waals surface area contributed by atoms with E-state index >= 15 is 0 Å². The van der Waals surface area contributed by atoms with Gasteiger partial charge in [-0.1, -0.05) is 0 Å². The van der Waals surface area contributed by atoms with Crippen LogP contribution in [0.25, 0.3) is 11.0 Å². The van der Waals surface area contributed by atoms with E-state index in [1.54, 1.807) is 30.3 Å². The number of urea groups is 1. The van der Waals surface area contributed by atoms with E-state index in [2.05, 4.69) is 25.8 Å². The van der Waals surface area contributed by atoms with Crippen molar-refractivity contribution >= 4 is 40.5 Å². The van der Waals surface area contributed by atoms with Crippen molar-refractivity contribution in [3.63, 3.8) is 0 Å². The number of alkyl halides is 3. The van der Waals surface area contributed by atoms with Gasteiger partial charge in [0.15, 0.2) is 0 Å². The number of aromatic nitrogens is 2. The molecule has 3 N–H and O–H groups in total. The third-order valence-corrected chi connectivity index (χ3v) is 6.75. The zero-order valence-corrected chi connectivity index (χ0v) is 23.4. The van der Waals surface area contributed by atoms with Crippen LogP contribution in [-0.2, 0) is 22.2 Å². The Morgan fingerprint density at radius 1 is 0.932 bits per heavy atom. The Bertz CT molecular complexity index is 1640. The zero-order valence-electron chi connectivity index (χ0n) is 23.4. The standard InChI is InChI=1S/C29H28F4N6O5/c1-42-28(41)37-26-35-23-9-7-21(17-25(23)39(26)11-10-38-12-14-43-15-13-38)44-20-5-3-19(4-6-20)34-27(40)36-24-16-18(29(31,32)33)2-8-22(24)30/h2-9,16-17H,10-15H2,1H3,(H2,34,36,40)(H,35,37,41). The summed E-state index contributed by atoms with van der Waals surface area (Å²) in [6.07, 6.45) is -5.34.